The topological polar surface area (TPSA) is 37.8 Å². The van der Waals surface area contributed by atoms with Gasteiger partial charge in [-0.3, -0.25) is 0 Å². The highest BCUT2D eigenvalue weighted by Gasteiger charge is 2.16. The van der Waals surface area contributed by atoms with Crippen LogP contribution >= 0.6 is 0 Å². The molecule has 1 aliphatic rings. The van der Waals surface area contributed by atoms with Crippen LogP contribution in [0.2, 0.25) is 0 Å². The van der Waals surface area contributed by atoms with E-state index in [1.54, 1.807) is 0 Å². The molecule has 1 heterocycles. The van der Waals surface area contributed by atoms with Crippen LogP contribution in [-0.2, 0) is 6.42 Å². The Bertz CT molecular complexity index is 428. The Balaban J connectivity index is 2.37. The number of nitrogens with zero attached hydrogens (tertiary/aromatic N) is 2. The SMILES string of the molecule is Cc1nc2c(nc1NC(C)(C)C)CCC=C2. The first-order chi connectivity index (χ1) is 7.46. The molecule has 1 aliphatic carbocycles. The maximum atomic E-state index is 4.67. The zero-order chi connectivity index (χ0) is 11.8. The minimum Gasteiger partial charge on any atom is -0.364 e. The summed E-state index contributed by atoms with van der Waals surface area (Å²) in [5, 5.41) is 3.40. The Kier molecular flexibility index (Phi) is 2.70. The van der Waals surface area contributed by atoms with Gasteiger partial charge >= 0.3 is 0 Å². The van der Waals surface area contributed by atoms with Gasteiger partial charge in [0.2, 0.25) is 0 Å². The van der Waals surface area contributed by atoms with Gasteiger partial charge in [0.15, 0.2) is 0 Å². The van der Waals surface area contributed by atoms with Crippen LogP contribution in [0.5, 0.6) is 0 Å². The van der Waals surface area contributed by atoms with Gasteiger partial charge in [0.05, 0.1) is 17.1 Å². The Hall–Kier alpha value is -1.38. The average molecular weight is 217 g/mol. The zero-order valence-corrected chi connectivity index (χ0v) is 10.5. The molecule has 0 fully saturated rings. The first-order valence-corrected chi connectivity index (χ1v) is 5.78. The van der Waals surface area contributed by atoms with Gasteiger partial charge in [-0.2, -0.15) is 0 Å². The van der Waals surface area contributed by atoms with Crippen LogP contribution in [0.15, 0.2) is 6.08 Å². The van der Waals surface area contributed by atoms with Gasteiger partial charge in [0, 0.05) is 5.54 Å². The molecule has 0 aromatic carbocycles. The number of aryl methyl sites for hydroxylation is 2. The van der Waals surface area contributed by atoms with Crippen molar-refractivity contribution in [1.82, 2.24) is 9.97 Å². The van der Waals surface area contributed by atoms with E-state index in [1.165, 1.54) is 0 Å². The van der Waals surface area contributed by atoms with Crippen LogP contribution < -0.4 is 5.32 Å². The number of aromatic nitrogens is 2. The number of rotatable bonds is 1. The fourth-order valence-corrected chi connectivity index (χ4v) is 1.78. The monoisotopic (exact) mass is 217 g/mol. The first-order valence-electron chi connectivity index (χ1n) is 5.78. The number of fused-ring (bicyclic) bond motifs is 1. The van der Waals surface area contributed by atoms with Gasteiger partial charge in [0.25, 0.3) is 0 Å². The molecule has 0 atom stereocenters. The lowest BCUT2D eigenvalue weighted by Gasteiger charge is -2.23. The van der Waals surface area contributed by atoms with Crippen molar-refractivity contribution < 1.29 is 0 Å². The van der Waals surface area contributed by atoms with E-state index in [0.29, 0.717) is 0 Å². The Morgan fingerprint density at radius 3 is 2.69 bits per heavy atom. The summed E-state index contributed by atoms with van der Waals surface area (Å²) in [5.41, 5.74) is 3.14. The summed E-state index contributed by atoms with van der Waals surface area (Å²) in [7, 11) is 0. The lowest BCUT2D eigenvalue weighted by molar-refractivity contribution is 0.627. The highest BCUT2D eigenvalue weighted by molar-refractivity contribution is 5.54. The Morgan fingerprint density at radius 1 is 1.25 bits per heavy atom. The molecule has 2 rings (SSSR count). The summed E-state index contributed by atoms with van der Waals surface area (Å²) in [6.07, 6.45) is 6.30. The molecule has 1 aromatic rings. The number of hydrogen-bond donors (Lipinski definition) is 1. The molecule has 0 aliphatic heterocycles. The van der Waals surface area contributed by atoms with Gasteiger partial charge in [-0.1, -0.05) is 6.08 Å². The molecule has 3 heteroatoms. The molecule has 0 saturated heterocycles. The summed E-state index contributed by atoms with van der Waals surface area (Å²) in [4.78, 5) is 9.26. The molecule has 3 nitrogen and oxygen atoms in total. The maximum absolute atomic E-state index is 4.67. The van der Waals surface area contributed by atoms with Crippen molar-refractivity contribution in [3.05, 3.63) is 23.2 Å². The van der Waals surface area contributed by atoms with Crippen LogP contribution in [-0.4, -0.2) is 15.5 Å². The fraction of sp³-hybridized carbons (Fsp3) is 0.538. The second-order valence-electron chi connectivity index (χ2n) is 5.31. The lowest BCUT2D eigenvalue weighted by Crippen LogP contribution is -2.28. The summed E-state index contributed by atoms with van der Waals surface area (Å²) < 4.78 is 0. The smallest absolute Gasteiger partial charge is 0.148 e. The number of nitrogens with one attached hydrogen (secondary N) is 1. The quantitative estimate of drug-likeness (QED) is 0.786. The second kappa shape index (κ2) is 3.89. The summed E-state index contributed by atoms with van der Waals surface area (Å²) in [6, 6.07) is 0. The largest absolute Gasteiger partial charge is 0.364 e. The van der Waals surface area contributed by atoms with Crippen LogP contribution in [0, 0.1) is 6.92 Å². The van der Waals surface area contributed by atoms with Gasteiger partial charge < -0.3 is 5.32 Å². The molecule has 1 aromatic heterocycles. The first kappa shape index (κ1) is 11.1. The molecular formula is C13H19N3. The summed E-state index contributed by atoms with van der Waals surface area (Å²) >= 11 is 0. The van der Waals surface area contributed by atoms with Crippen molar-refractivity contribution in [1.29, 1.82) is 0 Å². The van der Waals surface area contributed by atoms with Crippen molar-refractivity contribution in [2.24, 2.45) is 0 Å². The van der Waals surface area contributed by atoms with Gasteiger partial charge in [-0.25, -0.2) is 9.97 Å². The van der Waals surface area contributed by atoms with E-state index >= 15 is 0 Å². The van der Waals surface area contributed by atoms with E-state index in [0.717, 1.165) is 35.7 Å². The lowest BCUT2D eigenvalue weighted by atomic mass is 10.1. The van der Waals surface area contributed by atoms with E-state index in [4.69, 9.17) is 0 Å². The zero-order valence-electron chi connectivity index (χ0n) is 10.5. The van der Waals surface area contributed by atoms with Crippen molar-refractivity contribution in [2.75, 3.05) is 5.32 Å². The van der Waals surface area contributed by atoms with Crippen LogP contribution in [0.4, 0.5) is 5.82 Å². The predicted molar refractivity (Wildman–Crippen MR) is 67.5 cm³/mol. The standard InChI is InChI=1S/C13H19N3/c1-9-12(16-13(2,3)4)15-11-8-6-5-7-10(11)14-9/h5,7H,6,8H2,1-4H3,(H,15,16). The maximum Gasteiger partial charge on any atom is 0.148 e. The van der Waals surface area contributed by atoms with Gasteiger partial charge in [-0.05, 0) is 46.6 Å². The predicted octanol–water partition coefficient (Wildman–Crippen LogP) is 2.95. The molecule has 0 radical (unpaired) electrons. The molecule has 1 N–H and O–H groups in total. The molecule has 16 heavy (non-hydrogen) atoms. The van der Waals surface area contributed by atoms with Crippen LogP contribution in [0.1, 0.15) is 44.3 Å². The minimum absolute atomic E-state index is 0.0260. The highest BCUT2D eigenvalue weighted by atomic mass is 15.1. The van der Waals surface area contributed by atoms with E-state index in [1.807, 2.05) is 6.92 Å². The van der Waals surface area contributed by atoms with Crippen molar-refractivity contribution in [3.8, 4) is 0 Å². The summed E-state index contributed by atoms with van der Waals surface area (Å²) in [6.45, 7) is 8.40. The third-order valence-corrected chi connectivity index (χ3v) is 2.49. The number of anilines is 1. The number of hydrogen-bond acceptors (Lipinski definition) is 3. The van der Waals surface area contributed by atoms with E-state index in [9.17, 15) is 0 Å². The van der Waals surface area contributed by atoms with Crippen LogP contribution in [0.3, 0.4) is 0 Å². The van der Waals surface area contributed by atoms with Gasteiger partial charge in [0.1, 0.15) is 5.82 Å². The third-order valence-electron chi connectivity index (χ3n) is 2.49. The van der Waals surface area contributed by atoms with E-state index < -0.39 is 0 Å². The Labute approximate surface area is 97.0 Å². The van der Waals surface area contributed by atoms with Crippen molar-refractivity contribution in [3.63, 3.8) is 0 Å². The molecule has 0 spiro atoms. The molecular weight excluding hydrogens is 198 g/mol. The molecule has 86 valence electrons. The van der Waals surface area contributed by atoms with Crippen molar-refractivity contribution in [2.45, 2.75) is 46.1 Å². The van der Waals surface area contributed by atoms with Gasteiger partial charge in [-0.15, -0.1) is 0 Å². The minimum atomic E-state index is 0.0260. The third kappa shape index (κ3) is 2.40. The highest BCUT2D eigenvalue weighted by Crippen LogP contribution is 2.21. The average Bonchev–Trinajstić information content (AvgIpc) is 2.17. The van der Waals surface area contributed by atoms with E-state index in [-0.39, 0.29) is 5.54 Å². The molecule has 0 unspecified atom stereocenters. The van der Waals surface area contributed by atoms with E-state index in [2.05, 4.69) is 48.2 Å². The second-order valence-corrected chi connectivity index (χ2v) is 5.31. The van der Waals surface area contributed by atoms with Crippen LogP contribution in [0.25, 0.3) is 6.08 Å². The molecule has 0 bridgehead atoms. The van der Waals surface area contributed by atoms with Crippen molar-refractivity contribution >= 4 is 11.9 Å². The number of allylic oxidation sites excluding steroid dienone is 1. The summed E-state index contributed by atoms with van der Waals surface area (Å²) in [5.74, 6) is 0.918. The normalized spacial score (nSPS) is 14.8. The molecule has 0 amide bonds. The molecule has 0 saturated carbocycles. The Morgan fingerprint density at radius 2 is 2.00 bits per heavy atom. The fourth-order valence-electron chi connectivity index (χ4n) is 1.78.